The average molecular weight is 330 g/mol. The number of imidazole rings is 1. The van der Waals surface area contributed by atoms with Crippen molar-refractivity contribution in [3.63, 3.8) is 0 Å². The molecule has 0 aliphatic rings. The van der Waals surface area contributed by atoms with Crippen LogP contribution >= 0.6 is 0 Å². The minimum absolute atomic E-state index is 0.00755. The lowest BCUT2D eigenvalue weighted by Gasteiger charge is -2.09. The van der Waals surface area contributed by atoms with Crippen molar-refractivity contribution >= 4 is 20.9 Å². The Labute approximate surface area is 135 Å². The molecule has 1 N–H and O–H groups in total. The molecule has 1 aromatic heterocycles. The second-order valence-electron chi connectivity index (χ2n) is 5.65. The van der Waals surface area contributed by atoms with E-state index in [4.69, 9.17) is 5.11 Å². The van der Waals surface area contributed by atoms with E-state index in [-0.39, 0.29) is 12.4 Å². The van der Waals surface area contributed by atoms with Gasteiger partial charge in [-0.05, 0) is 23.3 Å². The third-order valence-corrected chi connectivity index (χ3v) is 4.45. The van der Waals surface area contributed by atoms with E-state index in [1.54, 1.807) is 0 Å². The van der Waals surface area contributed by atoms with E-state index < -0.39 is 9.84 Å². The Morgan fingerprint density at radius 2 is 1.70 bits per heavy atom. The van der Waals surface area contributed by atoms with Crippen LogP contribution in [0.2, 0.25) is 0 Å². The minimum Gasteiger partial charge on any atom is -0.392 e. The van der Waals surface area contributed by atoms with Gasteiger partial charge in [0.1, 0.15) is 11.6 Å². The molecule has 0 aliphatic carbocycles. The molecule has 0 saturated heterocycles. The normalized spacial score (nSPS) is 11.9. The smallest absolute Gasteiger partial charge is 0.154 e. The van der Waals surface area contributed by atoms with E-state index >= 15 is 0 Å². The molecule has 6 heteroatoms. The van der Waals surface area contributed by atoms with Crippen LogP contribution < -0.4 is 0 Å². The maximum Gasteiger partial charge on any atom is 0.154 e. The van der Waals surface area contributed by atoms with Crippen LogP contribution in [0, 0.1) is 0 Å². The summed E-state index contributed by atoms with van der Waals surface area (Å²) < 4.78 is 25.3. The molecule has 120 valence electrons. The molecule has 0 amide bonds. The molecule has 0 spiro atoms. The largest absolute Gasteiger partial charge is 0.392 e. The van der Waals surface area contributed by atoms with Crippen molar-refractivity contribution in [3.05, 3.63) is 65.5 Å². The predicted octanol–water partition coefficient (Wildman–Crippen LogP) is 2.12. The zero-order valence-corrected chi connectivity index (χ0v) is 13.6. The lowest BCUT2D eigenvalue weighted by Crippen LogP contribution is -2.10. The van der Waals surface area contributed by atoms with Gasteiger partial charge in [0.2, 0.25) is 0 Å². The van der Waals surface area contributed by atoms with Gasteiger partial charge in [0, 0.05) is 12.8 Å². The van der Waals surface area contributed by atoms with E-state index in [0.29, 0.717) is 12.4 Å². The van der Waals surface area contributed by atoms with Crippen molar-refractivity contribution in [1.82, 2.24) is 9.55 Å². The Bertz CT molecular complexity index is 928. The highest BCUT2D eigenvalue weighted by molar-refractivity contribution is 7.89. The summed E-state index contributed by atoms with van der Waals surface area (Å²) in [7, 11) is -3.17. The predicted molar refractivity (Wildman–Crippen MR) is 89.7 cm³/mol. The third kappa shape index (κ3) is 3.60. The van der Waals surface area contributed by atoms with Gasteiger partial charge in [-0.15, -0.1) is 0 Å². The lowest BCUT2D eigenvalue weighted by molar-refractivity contribution is 0.282. The molecule has 0 unspecified atom stereocenters. The summed E-state index contributed by atoms with van der Waals surface area (Å²) in [4.78, 5) is 4.47. The van der Waals surface area contributed by atoms with Crippen molar-refractivity contribution < 1.29 is 13.5 Å². The third-order valence-electron chi connectivity index (χ3n) is 3.67. The van der Waals surface area contributed by atoms with Crippen LogP contribution in [0.1, 0.15) is 17.0 Å². The Morgan fingerprint density at radius 1 is 1.04 bits per heavy atom. The number of benzene rings is 2. The summed E-state index contributed by atoms with van der Waals surface area (Å²) in [6.07, 6.45) is 1.22. The standard InChI is InChI=1S/C17H18N2O3S/c1-23(21,22)12-17-18-15-4-2-3-5-16(15)19(17)10-13-6-8-14(11-20)9-7-13/h2-9,20H,10-12H2,1H3. The molecule has 3 rings (SSSR count). The van der Waals surface area contributed by atoms with E-state index in [2.05, 4.69) is 4.98 Å². The number of nitrogens with zero attached hydrogens (tertiary/aromatic N) is 2. The molecular weight excluding hydrogens is 312 g/mol. The van der Waals surface area contributed by atoms with Gasteiger partial charge in [0.25, 0.3) is 0 Å². The van der Waals surface area contributed by atoms with Crippen LogP contribution in [0.3, 0.4) is 0 Å². The van der Waals surface area contributed by atoms with Crippen molar-refractivity contribution in [2.24, 2.45) is 0 Å². The van der Waals surface area contributed by atoms with Crippen LogP contribution in [-0.4, -0.2) is 29.3 Å². The first kappa shape index (κ1) is 15.7. The number of fused-ring (bicyclic) bond motifs is 1. The van der Waals surface area contributed by atoms with Crippen molar-refractivity contribution in [3.8, 4) is 0 Å². The molecular formula is C17H18N2O3S. The Hall–Kier alpha value is -2.18. The number of sulfone groups is 1. The first-order valence-corrected chi connectivity index (χ1v) is 9.33. The van der Waals surface area contributed by atoms with E-state index in [1.165, 1.54) is 6.26 Å². The maximum atomic E-state index is 11.7. The summed E-state index contributed by atoms with van der Waals surface area (Å²) in [6, 6.07) is 15.2. The van der Waals surface area contributed by atoms with Gasteiger partial charge in [0.05, 0.1) is 17.6 Å². The van der Waals surface area contributed by atoms with Crippen LogP contribution in [0.15, 0.2) is 48.5 Å². The number of aliphatic hydroxyl groups excluding tert-OH is 1. The SMILES string of the molecule is CS(=O)(=O)Cc1nc2ccccc2n1Cc1ccc(CO)cc1. The number of aromatic nitrogens is 2. The van der Waals surface area contributed by atoms with Crippen LogP contribution in [-0.2, 0) is 28.7 Å². The fraction of sp³-hybridized carbons (Fsp3) is 0.235. The maximum absolute atomic E-state index is 11.7. The van der Waals surface area contributed by atoms with Gasteiger partial charge in [0.15, 0.2) is 9.84 Å². The summed E-state index contributed by atoms with van der Waals surface area (Å²) in [5, 5.41) is 9.12. The Balaban J connectivity index is 2.04. The zero-order chi connectivity index (χ0) is 16.4. The first-order chi connectivity index (χ1) is 11.0. The van der Waals surface area contributed by atoms with Crippen molar-refractivity contribution in [2.75, 3.05) is 6.26 Å². The molecule has 23 heavy (non-hydrogen) atoms. The summed E-state index contributed by atoms with van der Waals surface area (Å²) in [5.41, 5.74) is 3.58. The van der Waals surface area contributed by atoms with Gasteiger partial charge in [-0.3, -0.25) is 0 Å². The zero-order valence-electron chi connectivity index (χ0n) is 12.8. The Morgan fingerprint density at radius 3 is 2.35 bits per heavy atom. The van der Waals surface area contributed by atoms with E-state index in [0.717, 1.165) is 22.2 Å². The summed E-state index contributed by atoms with van der Waals surface area (Å²) in [5.74, 6) is 0.455. The highest BCUT2D eigenvalue weighted by atomic mass is 32.2. The number of para-hydroxylation sites is 2. The number of aliphatic hydroxyl groups is 1. The van der Waals surface area contributed by atoms with Crippen molar-refractivity contribution in [2.45, 2.75) is 18.9 Å². The van der Waals surface area contributed by atoms with E-state index in [1.807, 2.05) is 53.1 Å². The summed E-state index contributed by atoms with van der Waals surface area (Å²) >= 11 is 0. The monoisotopic (exact) mass is 330 g/mol. The van der Waals surface area contributed by atoms with Gasteiger partial charge in [-0.2, -0.15) is 0 Å². The lowest BCUT2D eigenvalue weighted by atomic mass is 10.1. The molecule has 0 radical (unpaired) electrons. The van der Waals surface area contributed by atoms with E-state index in [9.17, 15) is 8.42 Å². The number of rotatable bonds is 5. The first-order valence-electron chi connectivity index (χ1n) is 7.27. The molecule has 2 aromatic carbocycles. The highest BCUT2D eigenvalue weighted by Gasteiger charge is 2.15. The second-order valence-corrected chi connectivity index (χ2v) is 7.79. The fourth-order valence-corrected chi connectivity index (χ4v) is 3.27. The second kappa shape index (κ2) is 6.14. The summed E-state index contributed by atoms with van der Waals surface area (Å²) in [6.45, 7) is 0.546. The average Bonchev–Trinajstić information content (AvgIpc) is 2.84. The highest BCUT2D eigenvalue weighted by Crippen LogP contribution is 2.19. The number of hydrogen-bond donors (Lipinski definition) is 1. The molecule has 0 atom stereocenters. The van der Waals surface area contributed by atoms with Crippen LogP contribution in [0.5, 0.6) is 0 Å². The molecule has 0 fully saturated rings. The van der Waals surface area contributed by atoms with Crippen LogP contribution in [0.25, 0.3) is 11.0 Å². The molecule has 0 saturated carbocycles. The molecule has 1 heterocycles. The quantitative estimate of drug-likeness (QED) is 0.778. The van der Waals surface area contributed by atoms with Crippen molar-refractivity contribution in [1.29, 1.82) is 0 Å². The fourth-order valence-electron chi connectivity index (χ4n) is 2.58. The molecule has 0 aliphatic heterocycles. The number of hydrogen-bond acceptors (Lipinski definition) is 4. The molecule has 0 bridgehead atoms. The Kier molecular flexibility index (Phi) is 4.19. The topological polar surface area (TPSA) is 72.2 Å². The van der Waals surface area contributed by atoms with Crippen LogP contribution in [0.4, 0.5) is 0 Å². The van der Waals surface area contributed by atoms with Gasteiger partial charge < -0.3 is 9.67 Å². The van der Waals surface area contributed by atoms with Gasteiger partial charge in [-0.25, -0.2) is 13.4 Å². The molecule has 5 nitrogen and oxygen atoms in total. The molecule has 3 aromatic rings. The van der Waals surface area contributed by atoms with Gasteiger partial charge in [-0.1, -0.05) is 36.4 Å². The van der Waals surface area contributed by atoms with Gasteiger partial charge >= 0.3 is 0 Å². The minimum atomic E-state index is -3.17.